The van der Waals surface area contributed by atoms with Gasteiger partial charge in [-0.05, 0) is 44.0 Å². The zero-order valence-electron chi connectivity index (χ0n) is 10.9. The first-order valence-corrected chi connectivity index (χ1v) is 7.09. The van der Waals surface area contributed by atoms with E-state index in [2.05, 4.69) is 21.2 Å². The van der Waals surface area contributed by atoms with E-state index < -0.39 is 0 Å². The molecule has 1 aromatic carbocycles. The van der Waals surface area contributed by atoms with Gasteiger partial charge in [-0.3, -0.25) is 4.79 Å². The SMILES string of the molecule is CC(CCCN)C(=O)NC(C)c1ccc(Br)cc1. The molecule has 0 aliphatic heterocycles. The van der Waals surface area contributed by atoms with Gasteiger partial charge in [-0.15, -0.1) is 0 Å². The maximum atomic E-state index is 11.9. The molecule has 2 atom stereocenters. The Morgan fingerprint density at radius 1 is 1.33 bits per heavy atom. The Morgan fingerprint density at radius 3 is 2.50 bits per heavy atom. The van der Waals surface area contributed by atoms with Crippen molar-refractivity contribution in [3.05, 3.63) is 34.3 Å². The van der Waals surface area contributed by atoms with Crippen molar-refractivity contribution < 1.29 is 4.79 Å². The van der Waals surface area contributed by atoms with Crippen LogP contribution < -0.4 is 11.1 Å². The molecule has 3 nitrogen and oxygen atoms in total. The van der Waals surface area contributed by atoms with Gasteiger partial charge in [-0.1, -0.05) is 35.0 Å². The molecule has 1 amide bonds. The van der Waals surface area contributed by atoms with Crippen LogP contribution in [0.1, 0.15) is 38.3 Å². The van der Waals surface area contributed by atoms with E-state index in [4.69, 9.17) is 5.73 Å². The molecule has 4 heteroatoms. The number of amides is 1. The highest BCUT2D eigenvalue weighted by Crippen LogP contribution is 2.17. The first-order chi connectivity index (χ1) is 8.54. The van der Waals surface area contributed by atoms with Crippen molar-refractivity contribution in [1.82, 2.24) is 5.32 Å². The van der Waals surface area contributed by atoms with Crippen LogP contribution in [-0.2, 0) is 4.79 Å². The number of carbonyl (C=O) groups excluding carboxylic acids is 1. The third-order valence-corrected chi connectivity index (χ3v) is 3.55. The Labute approximate surface area is 117 Å². The quantitative estimate of drug-likeness (QED) is 0.848. The summed E-state index contributed by atoms with van der Waals surface area (Å²) < 4.78 is 1.04. The lowest BCUT2D eigenvalue weighted by molar-refractivity contribution is -0.125. The lowest BCUT2D eigenvalue weighted by Crippen LogP contribution is -2.31. The summed E-state index contributed by atoms with van der Waals surface area (Å²) in [6, 6.07) is 8.02. The molecule has 2 unspecified atom stereocenters. The Kier molecular flexibility index (Phi) is 6.36. The predicted octanol–water partition coefficient (Wildman–Crippen LogP) is 3.00. The van der Waals surface area contributed by atoms with Gasteiger partial charge < -0.3 is 11.1 Å². The van der Waals surface area contributed by atoms with Crippen molar-refractivity contribution >= 4 is 21.8 Å². The molecule has 1 rings (SSSR count). The zero-order chi connectivity index (χ0) is 13.5. The largest absolute Gasteiger partial charge is 0.349 e. The summed E-state index contributed by atoms with van der Waals surface area (Å²) in [6.45, 7) is 4.58. The highest BCUT2D eigenvalue weighted by molar-refractivity contribution is 9.10. The van der Waals surface area contributed by atoms with Crippen LogP contribution in [0, 0.1) is 5.92 Å². The zero-order valence-corrected chi connectivity index (χ0v) is 12.5. The van der Waals surface area contributed by atoms with E-state index in [0.717, 1.165) is 22.9 Å². The molecule has 0 aliphatic rings. The van der Waals surface area contributed by atoms with Crippen LogP contribution in [0.15, 0.2) is 28.7 Å². The third kappa shape index (κ3) is 4.78. The summed E-state index contributed by atoms with van der Waals surface area (Å²) in [5, 5.41) is 3.03. The fraction of sp³-hybridized carbons (Fsp3) is 0.500. The van der Waals surface area contributed by atoms with Crippen LogP contribution in [-0.4, -0.2) is 12.5 Å². The molecule has 0 aromatic heterocycles. The summed E-state index contributed by atoms with van der Waals surface area (Å²) in [5.41, 5.74) is 6.56. The molecule has 0 fully saturated rings. The normalized spacial score (nSPS) is 14.0. The minimum absolute atomic E-state index is 0.0199. The standard InChI is InChI=1S/C14H21BrN2O/c1-10(4-3-9-16)14(18)17-11(2)12-5-7-13(15)8-6-12/h5-8,10-11H,3-4,9,16H2,1-2H3,(H,17,18). The molecule has 0 bridgehead atoms. The Hall–Kier alpha value is -0.870. The minimum Gasteiger partial charge on any atom is -0.349 e. The second kappa shape index (κ2) is 7.54. The summed E-state index contributed by atoms with van der Waals surface area (Å²) in [4.78, 5) is 11.9. The lowest BCUT2D eigenvalue weighted by Gasteiger charge is -2.18. The highest BCUT2D eigenvalue weighted by Gasteiger charge is 2.15. The van der Waals surface area contributed by atoms with Crippen LogP contribution in [0.5, 0.6) is 0 Å². The van der Waals surface area contributed by atoms with E-state index in [9.17, 15) is 4.79 Å². The predicted molar refractivity (Wildman–Crippen MR) is 78.2 cm³/mol. The first-order valence-electron chi connectivity index (χ1n) is 6.30. The molecule has 0 saturated heterocycles. The van der Waals surface area contributed by atoms with Crippen LogP contribution in [0.3, 0.4) is 0 Å². The van der Waals surface area contributed by atoms with E-state index in [-0.39, 0.29) is 17.9 Å². The summed E-state index contributed by atoms with van der Waals surface area (Å²) in [6.07, 6.45) is 1.73. The summed E-state index contributed by atoms with van der Waals surface area (Å²) in [7, 11) is 0. The van der Waals surface area contributed by atoms with E-state index >= 15 is 0 Å². The number of halogens is 1. The fourth-order valence-electron chi connectivity index (χ4n) is 1.75. The highest BCUT2D eigenvalue weighted by atomic mass is 79.9. The number of hydrogen-bond acceptors (Lipinski definition) is 2. The molecule has 0 spiro atoms. The molecule has 0 heterocycles. The van der Waals surface area contributed by atoms with E-state index in [1.807, 2.05) is 38.1 Å². The maximum Gasteiger partial charge on any atom is 0.223 e. The van der Waals surface area contributed by atoms with Crippen molar-refractivity contribution in [1.29, 1.82) is 0 Å². The molecule has 18 heavy (non-hydrogen) atoms. The molecule has 0 aliphatic carbocycles. The number of hydrogen-bond donors (Lipinski definition) is 2. The summed E-state index contributed by atoms with van der Waals surface area (Å²) in [5.74, 6) is 0.116. The van der Waals surface area contributed by atoms with Gasteiger partial charge in [0.25, 0.3) is 0 Å². The van der Waals surface area contributed by atoms with Gasteiger partial charge in [-0.25, -0.2) is 0 Å². The van der Waals surface area contributed by atoms with Gasteiger partial charge in [0.2, 0.25) is 5.91 Å². The number of benzene rings is 1. The molecular formula is C14H21BrN2O. The molecule has 100 valence electrons. The van der Waals surface area contributed by atoms with Crippen LogP contribution in [0.2, 0.25) is 0 Å². The lowest BCUT2D eigenvalue weighted by atomic mass is 10.0. The van der Waals surface area contributed by atoms with Crippen molar-refractivity contribution in [3.63, 3.8) is 0 Å². The van der Waals surface area contributed by atoms with Crippen molar-refractivity contribution in [2.45, 2.75) is 32.7 Å². The number of carbonyl (C=O) groups is 1. The minimum atomic E-state index is 0.0199. The molecular weight excluding hydrogens is 292 g/mol. The fourth-order valence-corrected chi connectivity index (χ4v) is 2.01. The van der Waals surface area contributed by atoms with Crippen LogP contribution in [0.25, 0.3) is 0 Å². The van der Waals surface area contributed by atoms with Gasteiger partial charge in [0, 0.05) is 10.4 Å². The monoisotopic (exact) mass is 312 g/mol. The number of nitrogens with one attached hydrogen (secondary N) is 1. The van der Waals surface area contributed by atoms with Crippen LogP contribution >= 0.6 is 15.9 Å². The van der Waals surface area contributed by atoms with Gasteiger partial charge in [0.15, 0.2) is 0 Å². The third-order valence-electron chi connectivity index (χ3n) is 3.02. The maximum absolute atomic E-state index is 11.9. The van der Waals surface area contributed by atoms with E-state index in [0.29, 0.717) is 6.54 Å². The second-order valence-corrected chi connectivity index (χ2v) is 5.53. The van der Waals surface area contributed by atoms with Crippen molar-refractivity contribution in [2.75, 3.05) is 6.54 Å². The smallest absolute Gasteiger partial charge is 0.223 e. The topological polar surface area (TPSA) is 55.1 Å². The molecule has 1 aromatic rings. The van der Waals surface area contributed by atoms with Crippen molar-refractivity contribution in [2.24, 2.45) is 11.7 Å². The van der Waals surface area contributed by atoms with Gasteiger partial charge >= 0.3 is 0 Å². The first kappa shape index (κ1) is 15.2. The van der Waals surface area contributed by atoms with Gasteiger partial charge in [0.1, 0.15) is 0 Å². The van der Waals surface area contributed by atoms with Gasteiger partial charge in [-0.2, -0.15) is 0 Å². The Bertz CT molecular complexity index is 378. The van der Waals surface area contributed by atoms with Gasteiger partial charge in [0.05, 0.1) is 6.04 Å². The van der Waals surface area contributed by atoms with E-state index in [1.165, 1.54) is 0 Å². The molecule has 0 saturated carbocycles. The van der Waals surface area contributed by atoms with Crippen LogP contribution in [0.4, 0.5) is 0 Å². The number of nitrogens with two attached hydrogens (primary N) is 1. The summed E-state index contributed by atoms with van der Waals surface area (Å²) >= 11 is 3.40. The van der Waals surface area contributed by atoms with Crippen molar-refractivity contribution in [3.8, 4) is 0 Å². The Balaban J connectivity index is 2.51. The molecule has 3 N–H and O–H groups in total. The second-order valence-electron chi connectivity index (χ2n) is 4.61. The Morgan fingerprint density at radius 2 is 1.94 bits per heavy atom. The molecule has 0 radical (unpaired) electrons. The average Bonchev–Trinajstić information content (AvgIpc) is 2.36. The number of rotatable bonds is 6. The average molecular weight is 313 g/mol. The van der Waals surface area contributed by atoms with E-state index in [1.54, 1.807) is 0 Å².